The van der Waals surface area contributed by atoms with Crippen LogP contribution in [0.3, 0.4) is 0 Å². The SMILES string of the molecule is C[C@@H](NCc1ccc(CO)o1)c1ccccc1Br. The van der Waals surface area contributed by atoms with E-state index in [4.69, 9.17) is 9.52 Å². The lowest BCUT2D eigenvalue weighted by Crippen LogP contribution is -2.18. The fourth-order valence-electron chi connectivity index (χ4n) is 1.79. The van der Waals surface area contributed by atoms with Gasteiger partial charge in [0.25, 0.3) is 0 Å². The Kier molecular flexibility index (Phi) is 4.58. The van der Waals surface area contributed by atoms with Gasteiger partial charge in [-0.3, -0.25) is 0 Å². The lowest BCUT2D eigenvalue weighted by molar-refractivity contribution is 0.242. The second-order valence-electron chi connectivity index (χ2n) is 4.15. The van der Waals surface area contributed by atoms with Crippen LogP contribution in [0.15, 0.2) is 45.3 Å². The molecule has 1 heterocycles. The van der Waals surface area contributed by atoms with Crippen molar-refractivity contribution < 1.29 is 9.52 Å². The Labute approximate surface area is 115 Å². The molecule has 0 radical (unpaired) electrons. The van der Waals surface area contributed by atoms with Gasteiger partial charge in [0.2, 0.25) is 0 Å². The van der Waals surface area contributed by atoms with Gasteiger partial charge in [-0.15, -0.1) is 0 Å². The van der Waals surface area contributed by atoms with Crippen LogP contribution in [0.4, 0.5) is 0 Å². The molecule has 0 saturated heterocycles. The van der Waals surface area contributed by atoms with Crippen molar-refractivity contribution >= 4 is 15.9 Å². The number of nitrogens with one attached hydrogen (secondary N) is 1. The summed E-state index contributed by atoms with van der Waals surface area (Å²) in [5.74, 6) is 1.43. The fourth-order valence-corrected chi connectivity index (χ4v) is 2.42. The molecule has 96 valence electrons. The Morgan fingerprint density at radius 3 is 2.61 bits per heavy atom. The maximum atomic E-state index is 8.92. The highest BCUT2D eigenvalue weighted by atomic mass is 79.9. The molecular weight excluding hydrogens is 294 g/mol. The molecule has 18 heavy (non-hydrogen) atoms. The minimum atomic E-state index is -0.0558. The molecule has 1 atom stereocenters. The number of halogens is 1. The van der Waals surface area contributed by atoms with E-state index in [0.29, 0.717) is 12.3 Å². The molecule has 1 aromatic heterocycles. The minimum Gasteiger partial charge on any atom is -0.462 e. The second-order valence-corrected chi connectivity index (χ2v) is 5.00. The molecule has 0 amide bonds. The predicted molar refractivity (Wildman–Crippen MR) is 74.0 cm³/mol. The van der Waals surface area contributed by atoms with Gasteiger partial charge < -0.3 is 14.8 Å². The molecule has 2 aromatic rings. The van der Waals surface area contributed by atoms with E-state index in [0.717, 1.165) is 10.2 Å². The molecule has 1 aromatic carbocycles. The first-order chi connectivity index (χ1) is 8.70. The van der Waals surface area contributed by atoms with Gasteiger partial charge in [-0.05, 0) is 30.7 Å². The van der Waals surface area contributed by atoms with Crippen molar-refractivity contribution in [2.45, 2.75) is 26.1 Å². The third kappa shape index (κ3) is 3.22. The van der Waals surface area contributed by atoms with E-state index in [-0.39, 0.29) is 12.6 Å². The van der Waals surface area contributed by atoms with Gasteiger partial charge in [-0.2, -0.15) is 0 Å². The fraction of sp³-hybridized carbons (Fsp3) is 0.286. The van der Waals surface area contributed by atoms with Crippen molar-refractivity contribution in [3.63, 3.8) is 0 Å². The van der Waals surface area contributed by atoms with Crippen molar-refractivity contribution in [2.24, 2.45) is 0 Å². The molecular formula is C14H16BrNO2. The molecule has 0 bridgehead atoms. The normalized spacial score (nSPS) is 12.6. The summed E-state index contributed by atoms with van der Waals surface area (Å²) in [4.78, 5) is 0. The molecule has 2 rings (SSSR count). The summed E-state index contributed by atoms with van der Waals surface area (Å²) in [5.41, 5.74) is 1.21. The quantitative estimate of drug-likeness (QED) is 0.890. The van der Waals surface area contributed by atoms with Gasteiger partial charge in [-0.1, -0.05) is 34.1 Å². The average molecular weight is 310 g/mol. The van der Waals surface area contributed by atoms with Crippen LogP contribution in [0.2, 0.25) is 0 Å². The van der Waals surface area contributed by atoms with E-state index in [1.165, 1.54) is 5.56 Å². The van der Waals surface area contributed by atoms with Crippen molar-refractivity contribution in [1.82, 2.24) is 5.32 Å². The molecule has 0 aliphatic rings. The van der Waals surface area contributed by atoms with E-state index in [1.807, 2.05) is 24.3 Å². The Morgan fingerprint density at radius 2 is 1.94 bits per heavy atom. The summed E-state index contributed by atoms with van der Waals surface area (Å²) in [6.45, 7) is 2.69. The zero-order valence-electron chi connectivity index (χ0n) is 10.2. The number of furan rings is 1. The van der Waals surface area contributed by atoms with E-state index in [2.05, 4.69) is 34.2 Å². The highest BCUT2D eigenvalue weighted by Gasteiger charge is 2.09. The maximum Gasteiger partial charge on any atom is 0.129 e. The third-order valence-corrected chi connectivity index (χ3v) is 3.55. The van der Waals surface area contributed by atoms with Crippen molar-refractivity contribution in [2.75, 3.05) is 0 Å². The number of hydrogen-bond donors (Lipinski definition) is 2. The molecule has 0 unspecified atom stereocenters. The first-order valence-electron chi connectivity index (χ1n) is 5.87. The van der Waals surface area contributed by atoms with Crippen LogP contribution in [-0.4, -0.2) is 5.11 Å². The van der Waals surface area contributed by atoms with E-state index < -0.39 is 0 Å². The zero-order valence-corrected chi connectivity index (χ0v) is 11.8. The maximum absolute atomic E-state index is 8.92. The van der Waals surface area contributed by atoms with Crippen LogP contribution in [-0.2, 0) is 13.2 Å². The largest absolute Gasteiger partial charge is 0.462 e. The number of rotatable bonds is 5. The number of benzene rings is 1. The van der Waals surface area contributed by atoms with Crippen LogP contribution in [0, 0.1) is 0 Å². The Bertz CT molecular complexity index is 510. The second kappa shape index (κ2) is 6.18. The molecule has 0 fully saturated rings. The van der Waals surface area contributed by atoms with Crippen LogP contribution in [0.1, 0.15) is 30.0 Å². The highest BCUT2D eigenvalue weighted by Crippen LogP contribution is 2.23. The van der Waals surface area contributed by atoms with Gasteiger partial charge >= 0.3 is 0 Å². The van der Waals surface area contributed by atoms with Gasteiger partial charge in [0, 0.05) is 10.5 Å². The van der Waals surface area contributed by atoms with Crippen LogP contribution in [0.25, 0.3) is 0 Å². The highest BCUT2D eigenvalue weighted by molar-refractivity contribution is 9.10. The summed E-state index contributed by atoms with van der Waals surface area (Å²) >= 11 is 3.54. The van der Waals surface area contributed by atoms with Gasteiger partial charge in [0.1, 0.15) is 18.1 Å². The Balaban J connectivity index is 1.96. The Hall–Kier alpha value is -1.10. The molecule has 0 spiro atoms. The molecule has 0 saturated carbocycles. The standard InChI is InChI=1S/C14H16BrNO2/c1-10(13-4-2-3-5-14(13)15)16-8-11-6-7-12(9-17)18-11/h2-7,10,16-17H,8-9H2,1H3/t10-/m1/s1. The summed E-state index contributed by atoms with van der Waals surface area (Å²) in [7, 11) is 0. The first-order valence-corrected chi connectivity index (χ1v) is 6.66. The van der Waals surface area contributed by atoms with Gasteiger partial charge in [0.05, 0.1) is 6.54 Å². The van der Waals surface area contributed by atoms with Crippen molar-refractivity contribution in [3.8, 4) is 0 Å². The molecule has 2 N–H and O–H groups in total. The number of aliphatic hydroxyl groups is 1. The van der Waals surface area contributed by atoms with Crippen LogP contribution in [0.5, 0.6) is 0 Å². The summed E-state index contributed by atoms with van der Waals surface area (Å²) < 4.78 is 6.52. The van der Waals surface area contributed by atoms with Crippen molar-refractivity contribution in [1.29, 1.82) is 0 Å². The summed E-state index contributed by atoms with van der Waals surface area (Å²) in [6, 6.07) is 12.0. The average Bonchev–Trinajstić information content (AvgIpc) is 2.84. The Morgan fingerprint density at radius 1 is 1.22 bits per heavy atom. The van der Waals surface area contributed by atoms with E-state index in [9.17, 15) is 0 Å². The van der Waals surface area contributed by atoms with Gasteiger partial charge in [-0.25, -0.2) is 0 Å². The third-order valence-electron chi connectivity index (χ3n) is 2.83. The number of aliphatic hydroxyl groups excluding tert-OH is 1. The summed E-state index contributed by atoms with van der Waals surface area (Å²) in [5, 5.41) is 12.3. The van der Waals surface area contributed by atoms with Crippen LogP contribution >= 0.6 is 15.9 Å². The lowest BCUT2D eigenvalue weighted by atomic mass is 10.1. The van der Waals surface area contributed by atoms with Crippen LogP contribution < -0.4 is 5.32 Å². The monoisotopic (exact) mass is 309 g/mol. The van der Waals surface area contributed by atoms with Crippen molar-refractivity contribution in [3.05, 3.63) is 58.0 Å². The zero-order chi connectivity index (χ0) is 13.0. The van der Waals surface area contributed by atoms with Gasteiger partial charge in [0.15, 0.2) is 0 Å². The predicted octanol–water partition coefficient (Wildman–Crippen LogP) is 3.39. The molecule has 0 aliphatic heterocycles. The molecule has 3 nitrogen and oxygen atoms in total. The lowest BCUT2D eigenvalue weighted by Gasteiger charge is -2.14. The van der Waals surface area contributed by atoms with E-state index >= 15 is 0 Å². The minimum absolute atomic E-state index is 0.0558. The molecule has 4 heteroatoms. The summed E-state index contributed by atoms with van der Waals surface area (Å²) in [6.07, 6.45) is 0. The van der Waals surface area contributed by atoms with E-state index in [1.54, 1.807) is 6.07 Å². The topological polar surface area (TPSA) is 45.4 Å². The number of hydrogen-bond acceptors (Lipinski definition) is 3. The first kappa shape index (κ1) is 13.3. The smallest absolute Gasteiger partial charge is 0.129 e. The molecule has 0 aliphatic carbocycles.